The highest BCUT2D eigenvalue weighted by atomic mass is 32.2. The lowest BCUT2D eigenvalue weighted by atomic mass is 10.1. The van der Waals surface area contributed by atoms with Crippen LogP contribution in [0.5, 0.6) is 5.75 Å². The number of ether oxygens (including phenoxy) is 1. The zero-order valence-corrected chi connectivity index (χ0v) is 17.2. The van der Waals surface area contributed by atoms with Crippen LogP contribution in [-0.2, 0) is 22.7 Å². The van der Waals surface area contributed by atoms with E-state index in [-0.39, 0.29) is 12.2 Å². The average Bonchev–Trinajstić information content (AvgIpc) is 2.72. The highest BCUT2D eigenvalue weighted by Gasteiger charge is 2.33. The molecule has 0 aliphatic heterocycles. The van der Waals surface area contributed by atoms with Crippen molar-refractivity contribution in [2.75, 3.05) is 11.4 Å². The molecule has 158 valence electrons. The number of rotatable bonds is 6. The van der Waals surface area contributed by atoms with Gasteiger partial charge in [0.1, 0.15) is 5.75 Å². The molecule has 0 fully saturated rings. The lowest BCUT2D eigenvalue weighted by molar-refractivity contribution is -0.137. The van der Waals surface area contributed by atoms with E-state index in [0.717, 1.165) is 33.6 Å². The maximum Gasteiger partial charge on any atom is 0.416 e. The number of anilines is 1. The zero-order chi connectivity index (χ0) is 21.9. The molecule has 4 nitrogen and oxygen atoms in total. The smallest absolute Gasteiger partial charge is 0.416 e. The first-order chi connectivity index (χ1) is 14.1. The molecule has 0 spiro atoms. The Bertz CT molecular complexity index is 1140. The Morgan fingerprint density at radius 3 is 2.30 bits per heavy atom. The van der Waals surface area contributed by atoms with Crippen molar-refractivity contribution in [2.45, 2.75) is 24.5 Å². The molecule has 0 heterocycles. The number of aryl methyl sites for hydroxylation is 1. The summed E-state index contributed by atoms with van der Waals surface area (Å²) >= 11 is 0. The van der Waals surface area contributed by atoms with Gasteiger partial charge in [-0.05, 0) is 48.4 Å². The summed E-state index contributed by atoms with van der Waals surface area (Å²) in [5.41, 5.74) is 0.862. The molecule has 0 N–H and O–H groups in total. The molecule has 0 radical (unpaired) electrons. The third kappa shape index (κ3) is 4.59. The molecular formula is C22H20F3NO3S. The van der Waals surface area contributed by atoms with Crippen LogP contribution in [0.1, 0.15) is 16.7 Å². The monoisotopic (exact) mass is 435 g/mol. The third-order valence-electron chi connectivity index (χ3n) is 4.67. The van der Waals surface area contributed by atoms with Crippen LogP contribution in [0, 0.1) is 6.92 Å². The maximum absolute atomic E-state index is 13.4. The summed E-state index contributed by atoms with van der Waals surface area (Å²) in [6.45, 7) is 1.80. The van der Waals surface area contributed by atoms with Gasteiger partial charge in [0.2, 0.25) is 0 Å². The molecule has 0 unspecified atom stereocenters. The second-order valence-electron chi connectivity index (χ2n) is 6.67. The molecule has 30 heavy (non-hydrogen) atoms. The Morgan fingerprint density at radius 2 is 1.63 bits per heavy atom. The van der Waals surface area contributed by atoms with Crippen LogP contribution in [0.4, 0.5) is 18.9 Å². The molecule has 3 rings (SSSR count). The van der Waals surface area contributed by atoms with E-state index in [9.17, 15) is 21.6 Å². The van der Waals surface area contributed by atoms with Crippen LogP contribution in [0.3, 0.4) is 0 Å². The summed E-state index contributed by atoms with van der Waals surface area (Å²) in [6, 6.07) is 17.4. The van der Waals surface area contributed by atoms with Crippen molar-refractivity contribution in [3.05, 3.63) is 89.5 Å². The van der Waals surface area contributed by atoms with Crippen molar-refractivity contribution >= 4 is 15.7 Å². The van der Waals surface area contributed by atoms with E-state index in [4.69, 9.17) is 4.74 Å². The van der Waals surface area contributed by atoms with Crippen LogP contribution in [0.2, 0.25) is 0 Å². The van der Waals surface area contributed by atoms with Gasteiger partial charge in [-0.15, -0.1) is 0 Å². The van der Waals surface area contributed by atoms with E-state index in [1.165, 1.54) is 13.2 Å². The Kier molecular flexibility index (Phi) is 6.07. The number of methoxy groups -OCH3 is 1. The van der Waals surface area contributed by atoms with Crippen molar-refractivity contribution in [1.29, 1.82) is 0 Å². The van der Waals surface area contributed by atoms with Gasteiger partial charge in [0, 0.05) is 6.07 Å². The Hall–Kier alpha value is -3.00. The van der Waals surface area contributed by atoms with Crippen molar-refractivity contribution in [3.63, 3.8) is 0 Å². The molecule has 0 aliphatic carbocycles. The fourth-order valence-corrected chi connectivity index (χ4v) is 4.46. The third-order valence-corrected chi connectivity index (χ3v) is 6.44. The van der Waals surface area contributed by atoms with Gasteiger partial charge in [-0.2, -0.15) is 13.2 Å². The molecule has 3 aromatic carbocycles. The first-order valence-electron chi connectivity index (χ1n) is 9.01. The lowest BCUT2D eigenvalue weighted by Crippen LogP contribution is -2.31. The van der Waals surface area contributed by atoms with Crippen molar-refractivity contribution in [3.8, 4) is 5.75 Å². The normalized spacial score (nSPS) is 11.9. The quantitative estimate of drug-likeness (QED) is 0.520. The summed E-state index contributed by atoms with van der Waals surface area (Å²) in [5, 5.41) is 0. The minimum absolute atomic E-state index is 0.0432. The van der Waals surface area contributed by atoms with Crippen molar-refractivity contribution < 1.29 is 26.3 Å². The molecule has 0 saturated heterocycles. The predicted octanol–water partition coefficient (Wildman–Crippen LogP) is 5.42. The number of nitrogens with zero attached hydrogens (tertiary/aromatic N) is 1. The predicted molar refractivity (Wildman–Crippen MR) is 109 cm³/mol. The molecule has 0 amide bonds. The zero-order valence-electron chi connectivity index (χ0n) is 16.3. The summed E-state index contributed by atoms with van der Waals surface area (Å²) in [6.07, 6.45) is -4.65. The molecule has 0 saturated carbocycles. The summed E-state index contributed by atoms with van der Waals surface area (Å²) < 4.78 is 72.6. The molecule has 3 aromatic rings. The minimum Gasteiger partial charge on any atom is -0.497 e. The number of halogens is 3. The molecule has 0 atom stereocenters. The van der Waals surface area contributed by atoms with Crippen LogP contribution in [0.25, 0.3) is 0 Å². The second-order valence-corrected chi connectivity index (χ2v) is 8.53. The van der Waals surface area contributed by atoms with Crippen molar-refractivity contribution in [1.82, 2.24) is 0 Å². The second kappa shape index (κ2) is 8.39. The van der Waals surface area contributed by atoms with Crippen LogP contribution < -0.4 is 9.04 Å². The Balaban J connectivity index is 2.14. The Labute approximate surface area is 173 Å². The standard InChI is InChI=1S/C22H20F3NO3S/c1-16-7-3-4-8-17(16)15-26(19-10-6-11-20(14-19)29-2)30(27,28)21-12-5-9-18(13-21)22(23,24)25/h3-14H,15H2,1-2H3. The summed E-state index contributed by atoms with van der Waals surface area (Å²) in [7, 11) is -2.85. The number of hydrogen-bond acceptors (Lipinski definition) is 3. The number of alkyl halides is 3. The van der Waals surface area contributed by atoms with Gasteiger partial charge in [0.05, 0.1) is 29.8 Å². The first kappa shape index (κ1) is 21.7. The lowest BCUT2D eigenvalue weighted by Gasteiger charge is -2.26. The average molecular weight is 435 g/mol. The van der Waals surface area contributed by atoms with Gasteiger partial charge < -0.3 is 4.74 Å². The van der Waals surface area contributed by atoms with Gasteiger partial charge in [-0.1, -0.05) is 36.4 Å². The van der Waals surface area contributed by atoms with Crippen LogP contribution >= 0.6 is 0 Å². The van der Waals surface area contributed by atoms with Gasteiger partial charge in [-0.3, -0.25) is 4.31 Å². The van der Waals surface area contributed by atoms with Gasteiger partial charge in [0.15, 0.2) is 0 Å². The number of sulfonamides is 1. The van der Waals surface area contributed by atoms with Crippen molar-refractivity contribution in [2.24, 2.45) is 0 Å². The van der Waals surface area contributed by atoms with E-state index < -0.39 is 26.7 Å². The van der Waals surface area contributed by atoms with Gasteiger partial charge >= 0.3 is 6.18 Å². The molecule has 0 aromatic heterocycles. The molecule has 0 aliphatic rings. The van der Waals surface area contributed by atoms with E-state index in [0.29, 0.717) is 11.8 Å². The SMILES string of the molecule is COc1cccc(N(Cc2ccccc2C)S(=O)(=O)c2cccc(C(F)(F)F)c2)c1. The number of hydrogen-bond donors (Lipinski definition) is 0. The molecule has 0 bridgehead atoms. The fourth-order valence-electron chi connectivity index (χ4n) is 2.98. The van der Waals surface area contributed by atoms with E-state index in [1.807, 2.05) is 19.1 Å². The summed E-state index contributed by atoms with van der Waals surface area (Å²) in [5.74, 6) is 0.432. The highest BCUT2D eigenvalue weighted by molar-refractivity contribution is 7.92. The maximum atomic E-state index is 13.4. The van der Waals surface area contributed by atoms with E-state index >= 15 is 0 Å². The largest absolute Gasteiger partial charge is 0.497 e. The van der Waals surface area contributed by atoms with Gasteiger partial charge in [0.25, 0.3) is 10.0 Å². The van der Waals surface area contributed by atoms with Crippen LogP contribution in [0.15, 0.2) is 77.7 Å². The summed E-state index contributed by atoms with van der Waals surface area (Å²) in [4.78, 5) is -0.436. The van der Waals surface area contributed by atoms with Gasteiger partial charge in [-0.25, -0.2) is 8.42 Å². The molecular weight excluding hydrogens is 415 g/mol. The minimum atomic E-state index is -4.65. The van der Waals surface area contributed by atoms with E-state index in [1.54, 1.807) is 30.3 Å². The number of benzene rings is 3. The topological polar surface area (TPSA) is 46.6 Å². The highest BCUT2D eigenvalue weighted by Crippen LogP contribution is 2.33. The van der Waals surface area contributed by atoms with E-state index in [2.05, 4.69) is 0 Å². The Morgan fingerprint density at radius 1 is 0.933 bits per heavy atom. The van der Waals surface area contributed by atoms with Crippen LogP contribution in [-0.4, -0.2) is 15.5 Å². The first-order valence-corrected chi connectivity index (χ1v) is 10.5. The molecule has 8 heteroatoms. The fraction of sp³-hybridized carbons (Fsp3) is 0.182.